The molecule has 98 valence electrons. The average molecular weight is 258 g/mol. The van der Waals surface area contributed by atoms with Gasteiger partial charge in [-0.25, -0.2) is 4.39 Å². The van der Waals surface area contributed by atoms with Gasteiger partial charge in [-0.1, -0.05) is 23.8 Å². The van der Waals surface area contributed by atoms with E-state index in [4.69, 9.17) is 5.73 Å². The molecule has 4 heteroatoms. The van der Waals surface area contributed by atoms with Gasteiger partial charge in [0.05, 0.1) is 5.56 Å². The molecule has 0 bridgehead atoms. The molecule has 0 aliphatic carbocycles. The predicted molar refractivity (Wildman–Crippen MR) is 73.2 cm³/mol. The smallest absolute Gasteiger partial charge is 0.254 e. The van der Waals surface area contributed by atoms with Crippen LogP contribution in [-0.2, 0) is 6.54 Å². The summed E-state index contributed by atoms with van der Waals surface area (Å²) in [5, 5.41) is 2.68. The molecule has 0 spiro atoms. The molecule has 19 heavy (non-hydrogen) atoms. The van der Waals surface area contributed by atoms with Gasteiger partial charge in [-0.15, -0.1) is 0 Å². The lowest BCUT2D eigenvalue weighted by Gasteiger charge is -2.07. The van der Waals surface area contributed by atoms with E-state index in [9.17, 15) is 9.18 Å². The fourth-order valence-electron chi connectivity index (χ4n) is 1.79. The zero-order valence-corrected chi connectivity index (χ0v) is 10.6. The van der Waals surface area contributed by atoms with Gasteiger partial charge < -0.3 is 11.1 Å². The molecule has 2 rings (SSSR count). The number of hydrogen-bond acceptors (Lipinski definition) is 2. The van der Waals surface area contributed by atoms with Gasteiger partial charge in [0.2, 0.25) is 0 Å². The Morgan fingerprint density at radius 3 is 2.79 bits per heavy atom. The summed E-state index contributed by atoms with van der Waals surface area (Å²) in [4.78, 5) is 11.9. The summed E-state index contributed by atoms with van der Waals surface area (Å²) in [6.07, 6.45) is 0. The van der Waals surface area contributed by atoms with E-state index in [1.165, 1.54) is 12.1 Å². The molecule has 0 atom stereocenters. The topological polar surface area (TPSA) is 55.1 Å². The van der Waals surface area contributed by atoms with Crippen molar-refractivity contribution in [2.75, 3.05) is 5.73 Å². The highest BCUT2D eigenvalue weighted by molar-refractivity contribution is 5.94. The highest BCUT2D eigenvalue weighted by Gasteiger charge is 2.11. The number of anilines is 1. The van der Waals surface area contributed by atoms with E-state index in [0.717, 1.165) is 11.1 Å². The van der Waals surface area contributed by atoms with Crippen LogP contribution in [0.15, 0.2) is 42.5 Å². The maximum atomic E-state index is 13.5. The van der Waals surface area contributed by atoms with Crippen LogP contribution in [0.5, 0.6) is 0 Å². The monoisotopic (exact) mass is 258 g/mol. The molecule has 0 saturated heterocycles. The van der Waals surface area contributed by atoms with Crippen LogP contribution in [0.1, 0.15) is 21.5 Å². The normalized spacial score (nSPS) is 10.2. The molecule has 0 heterocycles. The third kappa shape index (κ3) is 3.31. The maximum Gasteiger partial charge on any atom is 0.254 e. The summed E-state index contributed by atoms with van der Waals surface area (Å²) in [7, 11) is 0. The maximum absolute atomic E-state index is 13.5. The van der Waals surface area contributed by atoms with Gasteiger partial charge >= 0.3 is 0 Å². The van der Waals surface area contributed by atoms with E-state index in [2.05, 4.69) is 5.32 Å². The molecule has 0 aliphatic heterocycles. The first-order chi connectivity index (χ1) is 9.06. The van der Waals surface area contributed by atoms with Crippen LogP contribution >= 0.6 is 0 Å². The van der Waals surface area contributed by atoms with Crippen molar-refractivity contribution in [3.05, 3.63) is 65.0 Å². The van der Waals surface area contributed by atoms with Crippen LogP contribution in [0.4, 0.5) is 10.1 Å². The Balaban J connectivity index is 2.07. The fraction of sp³-hybridized carbons (Fsp3) is 0.133. The van der Waals surface area contributed by atoms with Crippen LogP contribution in [-0.4, -0.2) is 5.91 Å². The lowest BCUT2D eigenvalue weighted by molar-refractivity contribution is 0.0947. The third-order valence-electron chi connectivity index (χ3n) is 2.77. The quantitative estimate of drug-likeness (QED) is 0.831. The first kappa shape index (κ1) is 13.1. The second kappa shape index (κ2) is 5.52. The minimum Gasteiger partial charge on any atom is -0.399 e. The van der Waals surface area contributed by atoms with Gasteiger partial charge in [0, 0.05) is 12.2 Å². The number of rotatable bonds is 3. The molecular weight excluding hydrogens is 243 g/mol. The molecular formula is C15H15FN2O. The number of nitrogens with two attached hydrogens (primary N) is 1. The standard InChI is InChI=1S/C15H15FN2O/c1-10-5-6-14(16)13(7-10)15(19)18-9-11-3-2-4-12(17)8-11/h2-8H,9,17H2,1H3,(H,18,19). The Morgan fingerprint density at radius 1 is 1.26 bits per heavy atom. The molecule has 1 amide bonds. The number of benzene rings is 2. The first-order valence-corrected chi connectivity index (χ1v) is 5.95. The van der Waals surface area contributed by atoms with Crippen molar-refractivity contribution in [2.45, 2.75) is 13.5 Å². The molecule has 2 aromatic rings. The van der Waals surface area contributed by atoms with Gasteiger partial charge in [-0.3, -0.25) is 4.79 Å². The van der Waals surface area contributed by atoms with Gasteiger partial charge in [0.25, 0.3) is 5.91 Å². The van der Waals surface area contributed by atoms with Gasteiger partial charge in [-0.05, 0) is 36.8 Å². The van der Waals surface area contributed by atoms with Crippen LogP contribution in [0.3, 0.4) is 0 Å². The van der Waals surface area contributed by atoms with E-state index in [1.807, 2.05) is 19.1 Å². The summed E-state index contributed by atoms with van der Waals surface area (Å²) < 4.78 is 13.5. The number of carbonyl (C=O) groups is 1. The van der Waals surface area contributed by atoms with E-state index in [-0.39, 0.29) is 5.56 Å². The number of aryl methyl sites for hydroxylation is 1. The minimum atomic E-state index is -0.518. The molecule has 0 fully saturated rings. The van der Waals surface area contributed by atoms with E-state index >= 15 is 0 Å². The third-order valence-corrected chi connectivity index (χ3v) is 2.77. The first-order valence-electron chi connectivity index (χ1n) is 5.95. The number of hydrogen-bond donors (Lipinski definition) is 2. The Hall–Kier alpha value is -2.36. The Morgan fingerprint density at radius 2 is 2.05 bits per heavy atom. The number of carbonyl (C=O) groups excluding carboxylic acids is 1. The summed E-state index contributed by atoms with van der Waals surface area (Å²) in [6, 6.07) is 11.7. The highest BCUT2D eigenvalue weighted by atomic mass is 19.1. The lowest BCUT2D eigenvalue weighted by Crippen LogP contribution is -2.24. The van der Waals surface area contributed by atoms with E-state index in [1.54, 1.807) is 18.2 Å². The van der Waals surface area contributed by atoms with E-state index in [0.29, 0.717) is 12.2 Å². The summed E-state index contributed by atoms with van der Waals surface area (Å²) in [6.45, 7) is 2.13. The van der Waals surface area contributed by atoms with Crippen molar-refractivity contribution in [3.63, 3.8) is 0 Å². The summed E-state index contributed by atoms with van der Waals surface area (Å²) >= 11 is 0. The van der Waals surface area contributed by atoms with Crippen LogP contribution < -0.4 is 11.1 Å². The van der Waals surface area contributed by atoms with Crippen molar-refractivity contribution >= 4 is 11.6 Å². The number of nitrogen functional groups attached to an aromatic ring is 1. The molecule has 0 aromatic heterocycles. The number of amides is 1. The molecule has 0 unspecified atom stereocenters. The largest absolute Gasteiger partial charge is 0.399 e. The Kier molecular flexibility index (Phi) is 3.80. The molecule has 3 N–H and O–H groups in total. The minimum absolute atomic E-state index is 0.0592. The second-order valence-electron chi connectivity index (χ2n) is 4.41. The predicted octanol–water partition coefficient (Wildman–Crippen LogP) is 2.65. The fourth-order valence-corrected chi connectivity index (χ4v) is 1.79. The highest BCUT2D eigenvalue weighted by Crippen LogP contribution is 2.11. The Labute approximate surface area is 111 Å². The SMILES string of the molecule is Cc1ccc(F)c(C(=O)NCc2cccc(N)c2)c1. The van der Waals surface area contributed by atoms with Gasteiger partial charge in [0.1, 0.15) is 5.82 Å². The van der Waals surface area contributed by atoms with Crippen LogP contribution in [0.2, 0.25) is 0 Å². The van der Waals surface area contributed by atoms with Crippen molar-refractivity contribution in [2.24, 2.45) is 0 Å². The molecule has 2 aromatic carbocycles. The summed E-state index contributed by atoms with van der Waals surface area (Å²) in [5.41, 5.74) is 8.06. The number of nitrogens with one attached hydrogen (secondary N) is 1. The second-order valence-corrected chi connectivity index (χ2v) is 4.41. The molecule has 0 radical (unpaired) electrons. The van der Waals surface area contributed by atoms with Crippen molar-refractivity contribution < 1.29 is 9.18 Å². The zero-order chi connectivity index (χ0) is 13.8. The molecule has 0 aliphatic rings. The Bertz CT molecular complexity index is 611. The summed E-state index contributed by atoms with van der Waals surface area (Å²) in [5.74, 6) is -0.945. The lowest BCUT2D eigenvalue weighted by atomic mass is 10.1. The average Bonchev–Trinajstić information content (AvgIpc) is 2.39. The zero-order valence-electron chi connectivity index (χ0n) is 10.6. The van der Waals surface area contributed by atoms with Gasteiger partial charge in [-0.2, -0.15) is 0 Å². The number of halogens is 1. The van der Waals surface area contributed by atoms with Gasteiger partial charge in [0.15, 0.2) is 0 Å². The molecule has 3 nitrogen and oxygen atoms in total. The van der Waals surface area contributed by atoms with Crippen molar-refractivity contribution in [1.29, 1.82) is 0 Å². The van der Waals surface area contributed by atoms with E-state index < -0.39 is 11.7 Å². The molecule has 0 saturated carbocycles. The van der Waals surface area contributed by atoms with Crippen LogP contribution in [0.25, 0.3) is 0 Å². The van der Waals surface area contributed by atoms with Crippen molar-refractivity contribution in [1.82, 2.24) is 5.32 Å². The van der Waals surface area contributed by atoms with Crippen LogP contribution in [0, 0.1) is 12.7 Å². The van der Waals surface area contributed by atoms with Crippen molar-refractivity contribution in [3.8, 4) is 0 Å².